The second-order valence-corrected chi connectivity index (χ2v) is 6.82. The number of aromatic nitrogens is 2. The maximum absolute atomic E-state index is 13.4. The second-order valence-electron chi connectivity index (χ2n) is 6.82. The zero-order valence-electron chi connectivity index (χ0n) is 16.0. The maximum atomic E-state index is 13.4. The number of carbonyl (C=O) groups is 1. The second kappa shape index (κ2) is 8.27. The molecule has 0 radical (unpaired) electrons. The lowest BCUT2D eigenvalue weighted by Gasteiger charge is -2.30. The van der Waals surface area contributed by atoms with Crippen molar-refractivity contribution in [2.24, 2.45) is 0 Å². The third-order valence-electron chi connectivity index (χ3n) is 4.83. The number of amides is 1. The van der Waals surface area contributed by atoms with Crippen LogP contribution in [0, 0.1) is 13.8 Å². The quantitative estimate of drug-likeness (QED) is 0.726. The molecule has 2 heterocycles. The molecule has 0 spiro atoms. The molecule has 0 aliphatic heterocycles. The smallest absolute Gasteiger partial charge is 0.256 e. The summed E-state index contributed by atoms with van der Waals surface area (Å²) in [5.41, 5.74) is 4.05. The summed E-state index contributed by atoms with van der Waals surface area (Å²) >= 11 is 0. The molecule has 5 nitrogen and oxygen atoms in total. The van der Waals surface area contributed by atoms with Crippen molar-refractivity contribution in [3.63, 3.8) is 0 Å². The first-order valence-electron chi connectivity index (χ1n) is 9.23. The van der Waals surface area contributed by atoms with Crippen LogP contribution in [0.1, 0.15) is 40.7 Å². The van der Waals surface area contributed by atoms with Crippen molar-refractivity contribution in [3.8, 4) is 0 Å². The van der Waals surface area contributed by atoms with Crippen LogP contribution in [0.3, 0.4) is 0 Å². The first-order valence-corrected chi connectivity index (χ1v) is 9.23. The topological polar surface area (TPSA) is 66.3 Å². The Bertz CT molecular complexity index is 937. The SMILES string of the molecule is CC[C@@H](CO)N(Cc1ccccn1)C(=O)c1cc2cc(C)ccc2nc1C. The Morgan fingerprint density at radius 2 is 2.00 bits per heavy atom. The van der Waals surface area contributed by atoms with E-state index in [0.29, 0.717) is 24.2 Å². The van der Waals surface area contributed by atoms with E-state index < -0.39 is 0 Å². The summed E-state index contributed by atoms with van der Waals surface area (Å²) in [6.07, 6.45) is 2.37. The summed E-state index contributed by atoms with van der Waals surface area (Å²) in [6, 6.07) is 13.3. The standard InChI is InChI=1S/C22H25N3O2/c1-4-19(14-26)25(13-18-7-5-6-10-23-18)22(27)20-12-17-11-15(2)8-9-21(17)24-16(20)3/h5-12,19,26H,4,13-14H2,1-3H3/t19-/m0/s1. The molecule has 0 unspecified atom stereocenters. The van der Waals surface area contributed by atoms with Gasteiger partial charge in [-0.15, -0.1) is 0 Å². The Morgan fingerprint density at radius 1 is 1.19 bits per heavy atom. The van der Waals surface area contributed by atoms with Gasteiger partial charge in [0.25, 0.3) is 5.91 Å². The minimum Gasteiger partial charge on any atom is -0.394 e. The van der Waals surface area contributed by atoms with Gasteiger partial charge in [-0.2, -0.15) is 0 Å². The molecule has 0 saturated heterocycles. The van der Waals surface area contributed by atoms with E-state index in [1.54, 1.807) is 11.1 Å². The van der Waals surface area contributed by atoms with Gasteiger partial charge in [-0.25, -0.2) is 0 Å². The van der Waals surface area contributed by atoms with Crippen LogP contribution in [-0.2, 0) is 6.54 Å². The number of aryl methyl sites for hydroxylation is 2. The van der Waals surface area contributed by atoms with Gasteiger partial charge in [-0.3, -0.25) is 14.8 Å². The zero-order chi connectivity index (χ0) is 19.4. The molecule has 1 atom stereocenters. The Hall–Kier alpha value is -2.79. The molecule has 0 aliphatic rings. The number of nitrogens with zero attached hydrogens (tertiary/aromatic N) is 3. The molecular formula is C22H25N3O2. The molecular weight excluding hydrogens is 338 g/mol. The Morgan fingerprint density at radius 3 is 2.67 bits per heavy atom. The predicted molar refractivity (Wildman–Crippen MR) is 106 cm³/mol. The lowest BCUT2D eigenvalue weighted by molar-refractivity contribution is 0.0559. The van der Waals surface area contributed by atoms with Crippen molar-refractivity contribution in [2.75, 3.05) is 6.61 Å². The van der Waals surface area contributed by atoms with Crippen LogP contribution in [0.15, 0.2) is 48.7 Å². The summed E-state index contributed by atoms with van der Waals surface area (Å²) in [4.78, 5) is 24.1. The Kier molecular flexibility index (Phi) is 5.81. The van der Waals surface area contributed by atoms with Crippen molar-refractivity contribution in [2.45, 2.75) is 39.8 Å². The first-order chi connectivity index (χ1) is 13.0. The fraction of sp³-hybridized carbons (Fsp3) is 0.318. The largest absolute Gasteiger partial charge is 0.394 e. The number of benzene rings is 1. The highest BCUT2D eigenvalue weighted by molar-refractivity contribution is 5.98. The Balaban J connectivity index is 2.02. The summed E-state index contributed by atoms with van der Waals surface area (Å²) in [5, 5.41) is 10.8. The van der Waals surface area contributed by atoms with E-state index in [2.05, 4.69) is 9.97 Å². The average Bonchev–Trinajstić information content (AvgIpc) is 2.68. The van der Waals surface area contributed by atoms with Crippen LogP contribution in [-0.4, -0.2) is 38.5 Å². The van der Waals surface area contributed by atoms with E-state index in [1.807, 2.05) is 63.2 Å². The highest BCUT2D eigenvalue weighted by atomic mass is 16.3. The molecule has 0 fully saturated rings. The van der Waals surface area contributed by atoms with E-state index in [0.717, 1.165) is 22.2 Å². The number of aliphatic hydroxyl groups is 1. The van der Waals surface area contributed by atoms with E-state index in [4.69, 9.17) is 0 Å². The molecule has 1 N–H and O–H groups in total. The van der Waals surface area contributed by atoms with Gasteiger partial charge in [-0.05, 0) is 50.6 Å². The van der Waals surface area contributed by atoms with Gasteiger partial charge in [0.1, 0.15) is 0 Å². The molecule has 1 aromatic carbocycles. The minimum absolute atomic E-state index is 0.0890. The molecule has 3 aromatic rings. The fourth-order valence-electron chi connectivity index (χ4n) is 3.24. The molecule has 3 rings (SSSR count). The van der Waals surface area contributed by atoms with E-state index in [1.165, 1.54) is 0 Å². The maximum Gasteiger partial charge on any atom is 0.256 e. The van der Waals surface area contributed by atoms with Crippen molar-refractivity contribution >= 4 is 16.8 Å². The third kappa shape index (κ3) is 4.14. The molecule has 1 amide bonds. The highest BCUT2D eigenvalue weighted by Gasteiger charge is 2.25. The van der Waals surface area contributed by atoms with Crippen LogP contribution < -0.4 is 0 Å². The lowest BCUT2D eigenvalue weighted by Crippen LogP contribution is -2.42. The average molecular weight is 363 g/mol. The molecule has 2 aromatic heterocycles. The minimum atomic E-state index is -0.271. The number of carbonyl (C=O) groups excluding carboxylic acids is 1. The molecule has 27 heavy (non-hydrogen) atoms. The van der Waals surface area contributed by atoms with Gasteiger partial charge >= 0.3 is 0 Å². The monoisotopic (exact) mass is 363 g/mol. The van der Waals surface area contributed by atoms with Crippen LogP contribution in [0.2, 0.25) is 0 Å². The van der Waals surface area contributed by atoms with Crippen molar-refractivity contribution < 1.29 is 9.90 Å². The summed E-state index contributed by atoms with van der Waals surface area (Å²) in [7, 11) is 0. The molecule has 140 valence electrons. The van der Waals surface area contributed by atoms with Crippen LogP contribution in [0.4, 0.5) is 0 Å². The third-order valence-corrected chi connectivity index (χ3v) is 4.83. The number of rotatable bonds is 6. The van der Waals surface area contributed by atoms with Gasteiger partial charge in [-0.1, -0.05) is 24.6 Å². The molecule has 5 heteroatoms. The van der Waals surface area contributed by atoms with E-state index in [9.17, 15) is 9.90 Å². The number of hydrogen-bond acceptors (Lipinski definition) is 4. The van der Waals surface area contributed by atoms with Gasteiger partial charge in [0.15, 0.2) is 0 Å². The van der Waals surface area contributed by atoms with Crippen molar-refractivity contribution in [1.29, 1.82) is 0 Å². The fourth-order valence-corrected chi connectivity index (χ4v) is 3.24. The first kappa shape index (κ1) is 19.0. The van der Waals surface area contributed by atoms with Gasteiger partial charge in [0.2, 0.25) is 0 Å². The molecule has 0 saturated carbocycles. The van der Waals surface area contributed by atoms with E-state index in [-0.39, 0.29) is 18.6 Å². The lowest BCUT2D eigenvalue weighted by atomic mass is 10.0. The Labute approximate surface area is 159 Å². The van der Waals surface area contributed by atoms with Gasteiger partial charge in [0, 0.05) is 11.6 Å². The highest BCUT2D eigenvalue weighted by Crippen LogP contribution is 2.21. The van der Waals surface area contributed by atoms with Gasteiger partial charge in [0.05, 0.1) is 41.7 Å². The summed E-state index contributed by atoms with van der Waals surface area (Å²) in [6.45, 7) is 6.10. The number of fused-ring (bicyclic) bond motifs is 1. The van der Waals surface area contributed by atoms with Crippen LogP contribution >= 0.6 is 0 Å². The number of hydrogen-bond donors (Lipinski definition) is 1. The summed E-state index contributed by atoms with van der Waals surface area (Å²) in [5.74, 6) is -0.130. The molecule has 0 aliphatic carbocycles. The van der Waals surface area contributed by atoms with Crippen LogP contribution in [0.5, 0.6) is 0 Å². The van der Waals surface area contributed by atoms with Crippen molar-refractivity contribution in [1.82, 2.24) is 14.9 Å². The normalized spacial score (nSPS) is 12.1. The summed E-state index contributed by atoms with van der Waals surface area (Å²) < 4.78 is 0. The molecule has 0 bridgehead atoms. The van der Waals surface area contributed by atoms with Crippen molar-refractivity contribution in [3.05, 3.63) is 71.2 Å². The zero-order valence-corrected chi connectivity index (χ0v) is 16.0. The van der Waals surface area contributed by atoms with E-state index >= 15 is 0 Å². The van der Waals surface area contributed by atoms with Crippen LogP contribution in [0.25, 0.3) is 10.9 Å². The van der Waals surface area contributed by atoms with Gasteiger partial charge < -0.3 is 10.0 Å². The number of pyridine rings is 2. The number of aliphatic hydroxyl groups excluding tert-OH is 1. The predicted octanol–water partition coefficient (Wildman–Crippen LogP) is 3.66.